The zero-order valence-corrected chi connectivity index (χ0v) is 14.6. The zero-order valence-electron chi connectivity index (χ0n) is 14.6. The summed E-state index contributed by atoms with van der Waals surface area (Å²) in [5.74, 6) is -0.325. The van der Waals surface area contributed by atoms with Gasteiger partial charge in [-0.05, 0) is 36.6 Å². The normalized spacial score (nSPS) is 16.2. The molecule has 1 amide bonds. The van der Waals surface area contributed by atoms with Gasteiger partial charge in [-0.2, -0.15) is 0 Å². The molecule has 4 heteroatoms. The summed E-state index contributed by atoms with van der Waals surface area (Å²) in [4.78, 5) is 14.9. The highest BCUT2D eigenvalue weighted by Crippen LogP contribution is 2.27. The minimum Gasteiger partial charge on any atom is -0.359 e. The number of benzene rings is 2. The molecule has 1 unspecified atom stereocenters. The number of carbonyl (C=O) groups is 1. The zero-order chi connectivity index (χ0) is 17.6. The van der Waals surface area contributed by atoms with Gasteiger partial charge >= 0.3 is 0 Å². The molecule has 25 heavy (non-hydrogen) atoms. The Bertz CT molecular complexity index is 698. The third kappa shape index (κ3) is 4.38. The molecule has 1 saturated carbocycles. The van der Waals surface area contributed by atoms with Crippen molar-refractivity contribution in [2.75, 3.05) is 11.9 Å². The van der Waals surface area contributed by atoms with Crippen LogP contribution in [-0.2, 0) is 4.79 Å². The largest absolute Gasteiger partial charge is 0.359 e. The van der Waals surface area contributed by atoms with Crippen LogP contribution in [0.5, 0.6) is 0 Å². The predicted molar refractivity (Wildman–Crippen MR) is 99.0 cm³/mol. The Balaban J connectivity index is 1.85. The van der Waals surface area contributed by atoms with Crippen molar-refractivity contribution in [1.82, 2.24) is 5.32 Å². The van der Waals surface area contributed by atoms with E-state index in [1.807, 2.05) is 48.3 Å². The Morgan fingerprint density at radius 3 is 2.48 bits per heavy atom. The fourth-order valence-electron chi connectivity index (χ4n) is 3.56. The molecule has 0 spiro atoms. The maximum atomic E-state index is 13.6. The molecule has 0 aromatic heterocycles. The van der Waals surface area contributed by atoms with Crippen LogP contribution in [0.15, 0.2) is 54.6 Å². The number of nitrogens with one attached hydrogen (secondary N) is 1. The molecule has 1 fully saturated rings. The molecule has 0 radical (unpaired) electrons. The second-order valence-electron chi connectivity index (χ2n) is 6.75. The molecule has 3 nitrogen and oxygen atoms in total. The van der Waals surface area contributed by atoms with E-state index < -0.39 is 6.04 Å². The number of hydrogen-bond acceptors (Lipinski definition) is 2. The van der Waals surface area contributed by atoms with Crippen LogP contribution in [-0.4, -0.2) is 19.0 Å². The van der Waals surface area contributed by atoms with E-state index in [1.165, 1.54) is 31.4 Å². The maximum absolute atomic E-state index is 13.6. The van der Waals surface area contributed by atoms with Gasteiger partial charge in [0.05, 0.1) is 0 Å². The average Bonchev–Trinajstić information content (AvgIpc) is 2.63. The highest BCUT2D eigenvalue weighted by atomic mass is 19.1. The Kier molecular flexibility index (Phi) is 5.69. The van der Waals surface area contributed by atoms with Crippen LogP contribution in [0, 0.1) is 5.82 Å². The van der Waals surface area contributed by atoms with Crippen molar-refractivity contribution in [2.45, 2.75) is 44.2 Å². The van der Waals surface area contributed by atoms with Gasteiger partial charge in [0.1, 0.15) is 11.9 Å². The minimum absolute atomic E-state index is 0.0233. The summed E-state index contributed by atoms with van der Waals surface area (Å²) in [6, 6.07) is 15.8. The van der Waals surface area contributed by atoms with E-state index in [0.717, 1.165) is 18.4 Å². The van der Waals surface area contributed by atoms with Crippen LogP contribution < -0.4 is 10.2 Å². The van der Waals surface area contributed by atoms with Crippen LogP contribution in [0.2, 0.25) is 0 Å². The lowest BCUT2D eigenvalue weighted by atomic mass is 9.94. The first kappa shape index (κ1) is 17.5. The Hall–Kier alpha value is -2.36. The van der Waals surface area contributed by atoms with E-state index in [1.54, 1.807) is 6.07 Å². The number of anilines is 1. The van der Waals surface area contributed by atoms with E-state index in [-0.39, 0.29) is 17.8 Å². The topological polar surface area (TPSA) is 32.3 Å². The van der Waals surface area contributed by atoms with Gasteiger partial charge in [-0.3, -0.25) is 4.79 Å². The molecule has 1 aliphatic carbocycles. The Morgan fingerprint density at radius 2 is 1.80 bits per heavy atom. The van der Waals surface area contributed by atoms with Gasteiger partial charge in [-0.15, -0.1) is 0 Å². The first-order valence-electron chi connectivity index (χ1n) is 8.99. The smallest absolute Gasteiger partial charge is 0.247 e. The van der Waals surface area contributed by atoms with Crippen molar-refractivity contribution >= 4 is 11.6 Å². The summed E-state index contributed by atoms with van der Waals surface area (Å²) in [5, 5.41) is 3.21. The third-order valence-corrected chi connectivity index (χ3v) is 4.92. The van der Waals surface area contributed by atoms with E-state index in [4.69, 9.17) is 0 Å². The molecule has 0 bridgehead atoms. The van der Waals surface area contributed by atoms with Crippen molar-refractivity contribution in [3.63, 3.8) is 0 Å². The minimum atomic E-state index is -0.482. The Morgan fingerprint density at radius 1 is 1.08 bits per heavy atom. The van der Waals surface area contributed by atoms with E-state index in [0.29, 0.717) is 5.69 Å². The molecule has 0 saturated heterocycles. The number of rotatable bonds is 5. The van der Waals surface area contributed by atoms with Crippen molar-refractivity contribution in [1.29, 1.82) is 0 Å². The van der Waals surface area contributed by atoms with Crippen LogP contribution in [0.3, 0.4) is 0 Å². The summed E-state index contributed by atoms with van der Waals surface area (Å²) in [6.07, 6.45) is 5.66. The second kappa shape index (κ2) is 8.15. The van der Waals surface area contributed by atoms with Crippen LogP contribution in [0.4, 0.5) is 10.1 Å². The van der Waals surface area contributed by atoms with Gasteiger partial charge in [-0.1, -0.05) is 55.7 Å². The van der Waals surface area contributed by atoms with Crippen molar-refractivity contribution in [2.24, 2.45) is 0 Å². The van der Waals surface area contributed by atoms with Crippen molar-refractivity contribution in [3.8, 4) is 0 Å². The molecule has 3 rings (SSSR count). The molecule has 1 N–H and O–H groups in total. The Labute approximate surface area is 148 Å². The quantitative estimate of drug-likeness (QED) is 0.872. The molecule has 0 aliphatic heterocycles. The van der Waals surface area contributed by atoms with E-state index in [9.17, 15) is 9.18 Å². The predicted octanol–water partition coefficient (Wildman–Crippen LogP) is 4.45. The molecule has 2 aromatic carbocycles. The van der Waals surface area contributed by atoms with Gasteiger partial charge in [-0.25, -0.2) is 4.39 Å². The monoisotopic (exact) mass is 340 g/mol. The van der Waals surface area contributed by atoms with E-state index >= 15 is 0 Å². The SMILES string of the molecule is CN(c1cccc(F)c1)C(C(=O)NC1CCCCC1)c1ccccc1. The average molecular weight is 340 g/mol. The fraction of sp³-hybridized carbons (Fsp3) is 0.381. The molecule has 1 atom stereocenters. The number of amides is 1. The van der Waals surface area contributed by atoms with E-state index in [2.05, 4.69) is 5.32 Å². The summed E-state index contributed by atoms with van der Waals surface area (Å²) in [6.45, 7) is 0. The molecular formula is C21H25FN2O. The highest BCUT2D eigenvalue weighted by molar-refractivity contribution is 5.86. The molecule has 132 valence electrons. The summed E-state index contributed by atoms with van der Waals surface area (Å²) in [7, 11) is 1.84. The summed E-state index contributed by atoms with van der Waals surface area (Å²) < 4.78 is 13.6. The summed E-state index contributed by atoms with van der Waals surface area (Å²) in [5.41, 5.74) is 1.59. The van der Waals surface area contributed by atoms with Gasteiger partial charge in [0.15, 0.2) is 0 Å². The second-order valence-corrected chi connectivity index (χ2v) is 6.75. The number of carbonyl (C=O) groups excluding carboxylic acids is 1. The van der Waals surface area contributed by atoms with Crippen LogP contribution >= 0.6 is 0 Å². The van der Waals surface area contributed by atoms with Crippen LogP contribution in [0.1, 0.15) is 43.7 Å². The van der Waals surface area contributed by atoms with Crippen LogP contribution in [0.25, 0.3) is 0 Å². The number of halogens is 1. The molecule has 1 aliphatic rings. The standard InChI is InChI=1S/C21H25FN2O/c1-24(19-14-8-11-17(22)15-19)20(16-9-4-2-5-10-16)21(25)23-18-12-6-3-7-13-18/h2,4-5,8-11,14-15,18,20H,3,6-7,12-13H2,1H3,(H,23,25). The number of likely N-dealkylation sites (N-methyl/N-ethyl adjacent to an activating group) is 1. The highest BCUT2D eigenvalue weighted by Gasteiger charge is 2.28. The number of nitrogens with zero attached hydrogens (tertiary/aromatic N) is 1. The van der Waals surface area contributed by atoms with Gasteiger partial charge in [0.25, 0.3) is 0 Å². The first-order chi connectivity index (χ1) is 12.1. The maximum Gasteiger partial charge on any atom is 0.247 e. The molecule has 0 heterocycles. The van der Waals surface area contributed by atoms with Gasteiger partial charge in [0, 0.05) is 18.8 Å². The summed E-state index contributed by atoms with van der Waals surface area (Å²) >= 11 is 0. The fourth-order valence-corrected chi connectivity index (χ4v) is 3.56. The van der Waals surface area contributed by atoms with Crippen molar-refractivity contribution in [3.05, 3.63) is 66.0 Å². The van der Waals surface area contributed by atoms with Gasteiger partial charge < -0.3 is 10.2 Å². The molecular weight excluding hydrogens is 315 g/mol. The third-order valence-electron chi connectivity index (χ3n) is 4.92. The lowest BCUT2D eigenvalue weighted by molar-refractivity contribution is -0.123. The molecule has 2 aromatic rings. The first-order valence-corrected chi connectivity index (χ1v) is 8.99. The lowest BCUT2D eigenvalue weighted by Crippen LogP contribution is -2.44. The lowest BCUT2D eigenvalue weighted by Gasteiger charge is -2.32. The van der Waals surface area contributed by atoms with Gasteiger partial charge in [0.2, 0.25) is 5.91 Å². The van der Waals surface area contributed by atoms with Crippen molar-refractivity contribution < 1.29 is 9.18 Å². The number of hydrogen-bond donors (Lipinski definition) is 1.